The average Bonchev–Trinajstić information content (AvgIpc) is 2.97. The number of benzene rings is 2. The summed E-state index contributed by atoms with van der Waals surface area (Å²) in [7, 11) is 2.90. The summed E-state index contributed by atoms with van der Waals surface area (Å²) >= 11 is 6.56. The Bertz CT molecular complexity index is 889. The molecule has 0 unspecified atom stereocenters. The molecule has 1 aliphatic rings. The van der Waals surface area contributed by atoms with E-state index in [1.165, 1.54) is 30.9 Å². The van der Waals surface area contributed by atoms with E-state index in [1.54, 1.807) is 18.2 Å². The Kier molecular flexibility index (Phi) is 6.43. The molecule has 0 spiro atoms. The van der Waals surface area contributed by atoms with Crippen LogP contribution >= 0.6 is 24.0 Å². The summed E-state index contributed by atoms with van der Waals surface area (Å²) in [6.45, 7) is 0.698. The lowest BCUT2D eigenvalue weighted by Crippen LogP contribution is -2.32. The maximum atomic E-state index is 12.7. The molecule has 0 saturated carbocycles. The number of phenols is 1. The summed E-state index contributed by atoms with van der Waals surface area (Å²) in [6.07, 6.45) is 1.70. The maximum Gasteiger partial charge on any atom is 0.266 e. The van der Waals surface area contributed by atoms with Gasteiger partial charge in [-0.1, -0.05) is 42.2 Å². The lowest BCUT2D eigenvalue weighted by Gasteiger charge is -2.15. The molecule has 2 aromatic rings. The van der Waals surface area contributed by atoms with E-state index in [1.807, 2.05) is 30.3 Å². The third-order valence-electron chi connectivity index (χ3n) is 4.00. The summed E-state index contributed by atoms with van der Waals surface area (Å²) in [4.78, 5) is 14.7. The molecule has 0 aliphatic carbocycles. The Balaban J connectivity index is 1.72. The van der Waals surface area contributed by atoms with Crippen LogP contribution in [-0.4, -0.2) is 47.6 Å². The molecule has 1 saturated heterocycles. The van der Waals surface area contributed by atoms with Gasteiger partial charge in [-0.15, -0.1) is 0 Å². The van der Waals surface area contributed by atoms with Gasteiger partial charge in [-0.3, -0.25) is 9.69 Å². The number of carbonyl (C=O) groups is 1. The molecule has 146 valence electrons. The Morgan fingerprint density at radius 3 is 2.39 bits per heavy atom. The van der Waals surface area contributed by atoms with E-state index in [0.717, 1.165) is 5.75 Å². The number of para-hydroxylation sites is 1. The van der Waals surface area contributed by atoms with Gasteiger partial charge in [0, 0.05) is 0 Å². The number of nitrogens with zero attached hydrogens (tertiary/aromatic N) is 1. The third-order valence-corrected chi connectivity index (χ3v) is 5.38. The maximum absolute atomic E-state index is 12.7. The molecule has 3 rings (SSSR count). The van der Waals surface area contributed by atoms with Gasteiger partial charge in [0.15, 0.2) is 11.5 Å². The molecule has 0 radical (unpaired) electrons. The van der Waals surface area contributed by atoms with Gasteiger partial charge in [0.2, 0.25) is 5.75 Å². The highest BCUT2D eigenvalue weighted by molar-refractivity contribution is 8.26. The zero-order chi connectivity index (χ0) is 20.1. The Morgan fingerprint density at radius 1 is 1.14 bits per heavy atom. The van der Waals surface area contributed by atoms with Crippen molar-refractivity contribution in [3.63, 3.8) is 0 Å². The number of carbonyl (C=O) groups excluding carboxylic acids is 1. The molecule has 0 aromatic heterocycles. The molecule has 2 aromatic carbocycles. The van der Waals surface area contributed by atoms with E-state index in [2.05, 4.69) is 0 Å². The third kappa shape index (κ3) is 4.40. The zero-order valence-electron chi connectivity index (χ0n) is 15.4. The van der Waals surface area contributed by atoms with Crippen LogP contribution in [0, 0.1) is 0 Å². The van der Waals surface area contributed by atoms with Crippen LogP contribution < -0.4 is 14.2 Å². The van der Waals surface area contributed by atoms with Gasteiger partial charge in [0.05, 0.1) is 25.7 Å². The van der Waals surface area contributed by atoms with E-state index < -0.39 is 0 Å². The van der Waals surface area contributed by atoms with Crippen molar-refractivity contribution in [2.75, 3.05) is 27.4 Å². The SMILES string of the molecule is COc1cc(/C=C2\SC(=S)N(CCOc3ccccc3)C2=O)cc(OC)c1O. The highest BCUT2D eigenvalue weighted by Crippen LogP contribution is 2.39. The molecule has 8 heteroatoms. The smallest absolute Gasteiger partial charge is 0.266 e. The van der Waals surface area contributed by atoms with Crippen LogP contribution in [0.25, 0.3) is 6.08 Å². The summed E-state index contributed by atoms with van der Waals surface area (Å²) in [5, 5.41) is 10.0. The number of amides is 1. The molecule has 6 nitrogen and oxygen atoms in total. The highest BCUT2D eigenvalue weighted by atomic mass is 32.2. The summed E-state index contributed by atoms with van der Waals surface area (Å²) in [5.74, 6) is 0.992. The zero-order valence-corrected chi connectivity index (χ0v) is 17.0. The molecule has 1 heterocycles. The van der Waals surface area contributed by atoms with Crippen molar-refractivity contribution in [3.05, 3.63) is 52.9 Å². The number of methoxy groups -OCH3 is 2. The number of thioether (sulfide) groups is 1. The number of aromatic hydroxyl groups is 1. The largest absolute Gasteiger partial charge is 0.502 e. The average molecular weight is 418 g/mol. The lowest BCUT2D eigenvalue weighted by molar-refractivity contribution is -0.122. The van der Waals surface area contributed by atoms with Crippen molar-refractivity contribution in [2.45, 2.75) is 0 Å². The van der Waals surface area contributed by atoms with Gasteiger partial charge >= 0.3 is 0 Å². The second kappa shape index (κ2) is 8.99. The molecule has 0 bridgehead atoms. The first-order chi connectivity index (χ1) is 13.5. The van der Waals surface area contributed by atoms with E-state index in [0.29, 0.717) is 27.9 Å². The Morgan fingerprint density at radius 2 is 1.79 bits per heavy atom. The Labute approximate surface area is 172 Å². The summed E-state index contributed by atoms with van der Waals surface area (Å²) in [6, 6.07) is 12.7. The number of thiocarbonyl (C=S) groups is 1. The number of hydrogen-bond acceptors (Lipinski definition) is 7. The fourth-order valence-corrected chi connectivity index (χ4v) is 3.92. The van der Waals surface area contributed by atoms with Crippen molar-refractivity contribution < 1.29 is 24.1 Å². The predicted molar refractivity (Wildman–Crippen MR) is 113 cm³/mol. The topological polar surface area (TPSA) is 68.2 Å². The molecule has 1 fully saturated rings. The van der Waals surface area contributed by atoms with Crippen LogP contribution in [0.15, 0.2) is 47.4 Å². The summed E-state index contributed by atoms with van der Waals surface area (Å²) in [5.41, 5.74) is 0.660. The monoisotopic (exact) mass is 417 g/mol. The number of phenolic OH excluding ortho intramolecular Hbond substituents is 1. The first kappa shape index (κ1) is 20.0. The first-order valence-electron chi connectivity index (χ1n) is 8.41. The first-order valence-corrected chi connectivity index (χ1v) is 9.64. The minimum absolute atomic E-state index is 0.0900. The fourth-order valence-electron chi connectivity index (χ4n) is 2.61. The predicted octanol–water partition coefficient (Wildman–Crippen LogP) is 3.69. The fraction of sp³-hybridized carbons (Fsp3) is 0.200. The minimum Gasteiger partial charge on any atom is -0.502 e. The van der Waals surface area contributed by atoms with Crippen LogP contribution in [-0.2, 0) is 4.79 Å². The van der Waals surface area contributed by atoms with Crippen LogP contribution in [0.3, 0.4) is 0 Å². The van der Waals surface area contributed by atoms with Crippen molar-refractivity contribution in [3.8, 4) is 23.0 Å². The van der Waals surface area contributed by atoms with E-state index >= 15 is 0 Å². The molecule has 28 heavy (non-hydrogen) atoms. The van der Waals surface area contributed by atoms with Gasteiger partial charge < -0.3 is 19.3 Å². The normalized spacial score (nSPS) is 15.2. The van der Waals surface area contributed by atoms with Gasteiger partial charge in [-0.2, -0.15) is 0 Å². The van der Waals surface area contributed by atoms with E-state index in [9.17, 15) is 9.90 Å². The summed E-state index contributed by atoms with van der Waals surface area (Å²) < 4.78 is 16.4. The molecule has 1 aliphatic heterocycles. The molecular weight excluding hydrogens is 398 g/mol. The van der Waals surface area contributed by atoms with Gasteiger partial charge in [-0.25, -0.2) is 0 Å². The second-order valence-corrected chi connectivity index (χ2v) is 7.44. The number of rotatable bonds is 7. The lowest BCUT2D eigenvalue weighted by atomic mass is 10.1. The highest BCUT2D eigenvalue weighted by Gasteiger charge is 2.32. The van der Waals surface area contributed by atoms with Crippen molar-refractivity contribution >= 4 is 40.3 Å². The molecular formula is C20H19NO5S2. The molecule has 0 atom stereocenters. The van der Waals surface area contributed by atoms with Crippen LogP contribution in [0.2, 0.25) is 0 Å². The van der Waals surface area contributed by atoms with E-state index in [4.69, 9.17) is 26.4 Å². The van der Waals surface area contributed by atoms with Crippen LogP contribution in [0.4, 0.5) is 0 Å². The van der Waals surface area contributed by atoms with Crippen molar-refractivity contribution in [1.29, 1.82) is 0 Å². The second-order valence-electron chi connectivity index (χ2n) is 5.77. The quantitative estimate of drug-likeness (QED) is 0.544. The molecule has 1 N–H and O–H groups in total. The Hall–Kier alpha value is -2.71. The molecule has 1 amide bonds. The van der Waals surface area contributed by atoms with Crippen molar-refractivity contribution in [1.82, 2.24) is 4.90 Å². The van der Waals surface area contributed by atoms with Crippen molar-refractivity contribution in [2.24, 2.45) is 0 Å². The number of hydrogen-bond donors (Lipinski definition) is 1. The minimum atomic E-state index is -0.183. The van der Waals surface area contributed by atoms with E-state index in [-0.39, 0.29) is 23.2 Å². The van der Waals surface area contributed by atoms with Gasteiger partial charge in [0.1, 0.15) is 16.7 Å². The van der Waals surface area contributed by atoms with Gasteiger partial charge in [-0.05, 0) is 35.9 Å². The number of ether oxygens (including phenoxy) is 3. The van der Waals surface area contributed by atoms with Gasteiger partial charge in [0.25, 0.3) is 5.91 Å². The van der Waals surface area contributed by atoms with Crippen LogP contribution in [0.1, 0.15) is 5.56 Å². The standard InChI is InChI=1S/C20H19NO5S2/c1-24-15-10-13(11-16(25-2)18(15)22)12-17-19(23)21(20(27)28-17)8-9-26-14-6-4-3-5-7-14/h3-7,10-12,22H,8-9H2,1-2H3/b17-12-. The van der Waals surface area contributed by atoms with Crippen LogP contribution in [0.5, 0.6) is 23.0 Å².